The molecule has 0 aliphatic rings. The van der Waals surface area contributed by atoms with Gasteiger partial charge in [0.1, 0.15) is 0 Å². The molecule has 2 rings (SSSR count). The maximum Gasteiger partial charge on any atom is 0.511 e. The van der Waals surface area contributed by atoms with Crippen molar-refractivity contribution >= 4 is 18.6 Å². The minimum absolute atomic E-state index is 0.0334. The van der Waals surface area contributed by atoms with E-state index in [0.717, 1.165) is 30.0 Å². The molecule has 2 aromatic carbocycles. The molecule has 0 amide bonds. The van der Waals surface area contributed by atoms with Crippen molar-refractivity contribution in [2.45, 2.75) is 52.4 Å². The van der Waals surface area contributed by atoms with Gasteiger partial charge in [0.2, 0.25) is 0 Å². The Morgan fingerprint density at radius 2 is 1.29 bits per heavy atom. The van der Waals surface area contributed by atoms with Crippen molar-refractivity contribution < 1.29 is 37.4 Å². The fourth-order valence-electron chi connectivity index (χ4n) is 3.29. The van der Waals surface area contributed by atoms with E-state index in [1.54, 1.807) is 6.07 Å². The maximum absolute atomic E-state index is 13.2. The summed E-state index contributed by atoms with van der Waals surface area (Å²) in [5.41, 5.74) is 0. The third kappa shape index (κ3) is 12.8. The number of hydrogen-bond donors (Lipinski definition) is 0. The van der Waals surface area contributed by atoms with Crippen molar-refractivity contribution in [3.63, 3.8) is 0 Å². The maximum atomic E-state index is 13.2. The molecular weight excluding hydrogens is 471 g/mol. The van der Waals surface area contributed by atoms with Crippen molar-refractivity contribution in [1.82, 2.24) is 0 Å². The minimum atomic E-state index is -3.95. The lowest BCUT2D eigenvalue weighted by molar-refractivity contribution is -0.132. The van der Waals surface area contributed by atoms with E-state index in [1.807, 2.05) is 43.3 Å². The number of phosphoric ester groups is 1. The van der Waals surface area contributed by atoms with Crippen LogP contribution in [-0.4, -0.2) is 52.9 Å². The second-order valence-electron chi connectivity index (χ2n) is 7.94. The zero-order valence-electron chi connectivity index (χ0n) is 21.2. The monoisotopic (exact) mass is 512 g/mol. The van der Waals surface area contributed by atoms with E-state index in [2.05, 4.69) is 6.92 Å². The van der Waals surface area contributed by atoms with Crippen LogP contribution in [0.2, 0.25) is 0 Å². The average molecular weight is 513 g/mol. The van der Waals surface area contributed by atoms with E-state index in [1.165, 1.54) is 19.3 Å². The van der Waals surface area contributed by atoms with Gasteiger partial charge in [0.05, 0.1) is 46.2 Å². The summed E-state index contributed by atoms with van der Waals surface area (Å²) in [7, 11) is -3.95. The lowest BCUT2D eigenvalue weighted by Crippen LogP contribution is -2.12. The van der Waals surface area contributed by atoms with Gasteiger partial charge in [-0.05, 0) is 24.8 Å². The van der Waals surface area contributed by atoms with E-state index in [0.29, 0.717) is 38.8 Å². The summed E-state index contributed by atoms with van der Waals surface area (Å²) < 4.78 is 45.6. The summed E-state index contributed by atoms with van der Waals surface area (Å²) in [6.07, 6.45) is 6.50. The quantitative estimate of drug-likeness (QED) is 0.0744. The Hall–Kier alpha value is -1.51. The van der Waals surface area contributed by atoms with Crippen LogP contribution in [0.25, 0.3) is 10.8 Å². The molecule has 1 atom stereocenters. The van der Waals surface area contributed by atoms with Crippen LogP contribution in [0, 0.1) is 0 Å². The van der Waals surface area contributed by atoms with Gasteiger partial charge in [-0.15, -0.1) is 0 Å². The molecule has 0 fully saturated rings. The fraction of sp³-hybridized carbons (Fsp3) is 0.615. The second kappa shape index (κ2) is 18.7. The van der Waals surface area contributed by atoms with Gasteiger partial charge in [0.15, 0.2) is 5.75 Å². The summed E-state index contributed by atoms with van der Waals surface area (Å²) in [5, 5.41) is 1.82. The van der Waals surface area contributed by atoms with Crippen LogP contribution in [0.3, 0.4) is 0 Å². The first kappa shape index (κ1) is 29.7. The van der Waals surface area contributed by atoms with E-state index >= 15 is 0 Å². The molecule has 9 heteroatoms. The third-order valence-electron chi connectivity index (χ3n) is 5.14. The molecule has 2 aromatic rings. The third-order valence-corrected chi connectivity index (χ3v) is 6.40. The lowest BCUT2D eigenvalue weighted by Gasteiger charge is -2.17. The van der Waals surface area contributed by atoms with Gasteiger partial charge < -0.3 is 19.1 Å². The Labute approximate surface area is 209 Å². The van der Waals surface area contributed by atoms with Crippen molar-refractivity contribution in [3.05, 3.63) is 42.5 Å². The average Bonchev–Trinajstić information content (AvgIpc) is 2.88. The minimum Gasteiger partial charge on any atom is -0.379 e. The van der Waals surface area contributed by atoms with Crippen molar-refractivity contribution in [2.24, 2.45) is 0 Å². The van der Waals surface area contributed by atoms with Crippen LogP contribution in [0.4, 0.5) is 0 Å². The first-order valence-corrected chi connectivity index (χ1v) is 14.1. The van der Waals surface area contributed by atoms with E-state index in [4.69, 9.17) is 32.8 Å². The molecule has 0 saturated carbocycles. The van der Waals surface area contributed by atoms with Crippen molar-refractivity contribution in [2.75, 3.05) is 52.9 Å². The SMILES string of the molecule is CCCCCCCCOP(=O)(OCCOCCOCCOCC)OOc1cccc2ccccc12. The molecule has 8 nitrogen and oxygen atoms in total. The van der Waals surface area contributed by atoms with E-state index in [9.17, 15) is 4.57 Å². The van der Waals surface area contributed by atoms with Gasteiger partial charge in [-0.25, -0.2) is 4.57 Å². The van der Waals surface area contributed by atoms with Crippen LogP contribution < -0.4 is 4.89 Å². The lowest BCUT2D eigenvalue weighted by atomic mass is 10.1. The van der Waals surface area contributed by atoms with Gasteiger partial charge in [-0.1, -0.05) is 80.1 Å². The Bertz CT molecular complexity index is 842. The Kier molecular flexibility index (Phi) is 15.9. The van der Waals surface area contributed by atoms with Gasteiger partial charge in [-0.3, -0.25) is 9.05 Å². The predicted octanol–water partition coefficient (Wildman–Crippen LogP) is 6.72. The first-order chi connectivity index (χ1) is 17.2. The topological polar surface area (TPSA) is 81.7 Å². The molecule has 0 radical (unpaired) electrons. The summed E-state index contributed by atoms with van der Waals surface area (Å²) in [6.45, 7) is 7.23. The van der Waals surface area contributed by atoms with Gasteiger partial charge >= 0.3 is 7.82 Å². The Morgan fingerprint density at radius 3 is 2.06 bits per heavy atom. The summed E-state index contributed by atoms with van der Waals surface area (Å²) in [6, 6.07) is 13.3. The van der Waals surface area contributed by atoms with Crippen LogP contribution in [-0.2, 0) is 32.5 Å². The highest BCUT2D eigenvalue weighted by Crippen LogP contribution is 2.50. The molecule has 35 heavy (non-hydrogen) atoms. The van der Waals surface area contributed by atoms with E-state index < -0.39 is 7.82 Å². The van der Waals surface area contributed by atoms with Crippen molar-refractivity contribution in [3.8, 4) is 5.75 Å². The molecule has 0 saturated heterocycles. The highest BCUT2D eigenvalue weighted by Gasteiger charge is 2.29. The standard InChI is InChI=1S/C26H41O8P/c1-3-5-6-7-8-11-17-31-35(27,32-23-22-30-21-20-29-19-18-28-4-2)34-33-26-16-12-14-24-13-9-10-15-25(24)26/h9-10,12-16H,3-8,11,17-23H2,1-2H3. The number of benzene rings is 2. The molecule has 1 unspecified atom stereocenters. The number of ether oxygens (including phenoxy) is 3. The van der Waals surface area contributed by atoms with Crippen LogP contribution in [0.15, 0.2) is 42.5 Å². The van der Waals surface area contributed by atoms with E-state index in [-0.39, 0.29) is 19.8 Å². The van der Waals surface area contributed by atoms with Crippen LogP contribution in [0.1, 0.15) is 52.4 Å². The molecule has 0 N–H and O–H groups in total. The molecular formula is C26H41O8P. The smallest absolute Gasteiger partial charge is 0.379 e. The number of fused-ring (bicyclic) bond motifs is 1. The number of phosphoric acid groups is 1. The number of unbranched alkanes of at least 4 members (excludes halogenated alkanes) is 5. The first-order valence-electron chi connectivity index (χ1n) is 12.6. The van der Waals surface area contributed by atoms with Gasteiger partial charge in [-0.2, -0.15) is 0 Å². The number of hydrogen-bond acceptors (Lipinski definition) is 8. The molecule has 0 heterocycles. The zero-order chi connectivity index (χ0) is 25.0. The largest absolute Gasteiger partial charge is 0.511 e. The predicted molar refractivity (Wildman–Crippen MR) is 137 cm³/mol. The second-order valence-corrected chi connectivity index (χ2v) is 9.50. The summed E-state index contributed by atoms with van der Waals surface area (Å²) in [4.78, 5) is 5.45. The molecule has 198 valence electrons. The zero-order valence-corrected chi connectivity index (χ0v) is 22.0. The highest BCUT2D eigenvalue weighted by atomic mass is 31.2. The fourth-order valence-corrected chi connectivity index (χ4v) is 4.27. The molecule has 0 aliphatic heterocycles. The molecule has 0 bridgehead atoms. The molecule has 0 aliphatic carbocycles. The molecule has 0 spiro atoms. The van der Waals surface area contributed by atoms with Gasteiger partial charge in [0.25, 0.3) is 0 Å². The van der Waals surface area contributed by atoms with Gasteiger partial charge in [0, 0.05) is 12.0 Å². The highest BCUT2D eigenvalue weighted by molar-refractivity contribution is 7.48. The van der Waals surface area contributed by atoms with Crippen LogP contribution >= 0.6 is 7.82 Å². The summed E-state index contributed by atoms with van der Waals surface area (Å²) >= 11 is 0. The Balaban J connectivity index is 1.79. The Morgan fingerprint density at radius 1 is 0.657 bits per heavy atom. The normalized spacial score (nSPS) is 13.2. The van der Waals surface area contributed by atoms with Crippen LogP contribution in [0.5, 0.6) is 5.75 Å². The molecule has 0 aromatic heterocycles. The van der Waals surface area contributed by atoms with Crippen molar-refractivity contribution in [1.29, 1.82) is 0 Å². The number of rotatable bonds is 22. The summed E-state index contributed by atoms with van der Waals surface area (Å²) in [5.74, 6) is 0.440.